The van der Waals surface area contributed by atoms with Crippen molar-refractivity contribution >= 4 is 0 Å². The van der Waals surface area contributed by atoms with Crippen LogP contribution in [0.1, 0.15) is 0 Å². The van der Waals surface area contributed by atoms with Crippen molar-refractivity contribution in [2.75, 3.05) is 0 Å². The van der Waals surface area contributed by atoms with Crippen LogP contribution in [0.5, 0.6) is 0 Å². The van der Waals surface area contributed by atoms with Gasteiger partial charge in [0.1, 0.15) is 0 Å². The smallest absolute Gasteiger partial charge is 0.0267 e. The first-order valence-corrected chi connectivity index (χ1v) is 3.70. The predicted molar refractivity (Wildman–Crippen MR) is 48.5 cm³/mol. The van der Waals surface area contributed by atoms with Gasteiger partial charge in [0.25, 0.3) is 0 Å². The zero-order valence-electron chi connectivity index (χ0n) is 7.05. The molecule has 1 radical (unpaired) electrons. The molecule has 0 spiro atoms. The Labute approximate surface area is 88.5 Å². The summed E-state index contributed by atoms with van der Waals surface area (Å²) in [4.78, 5) is 7.57. The molecule has 0 atom stereocenters. The first-order valence-electron chi connectivity index (χ1n) is 3.70. The Hall–Kier alpha value is -1.18. The second-order valence-corrected chi connectivity index (χ2v) is 2.05. The molecule has 2 nitrogen and oxygen atoms in total. The van der Waals surface area contributed by atoms with Gasteiger partial charge >= 0.3 is 0 Å². The van der Waals surface area contributed by atoms with E-state index < -0.39 is 0 Å². The standard InChI is InChI=1S/2C5H5N.Mn/c2*1-2-4-6-5-3-1;/h2*1-5H;. The van der Waals surface area contributed by atoms with E-state index in [0.29, 0.717) is 0 Å². The summed E-state index contributed by atoms with van der Waals surface area (Å²) in [6, 6.07) is 11.4. The summed E-state index contributed by atoms with van der Waals surface area (Å²) in [6.07, 6.45) is 7.00. The maximum absolute atomic E-state index is 3.78. The summed E-state index contributed by atoms with van der Waals surface area (Å²) in [5.41, 5.74) is 0. The molecular weight excluding hydrogens is 203 g/mol. The first kappa shape index (κ1) is 11.8. The fraction of sp³-hybridized carbons (Fsp3) is 0. The van der Waals surface area contributed by atoms with Crippen LogP contribution in [0.2, 0.25) is 0 Å². The molecule has 67 valence electrons. The average molecular weight is 213 g/mol. The summed E-state index contributed by atoms with van der Waals surface area (Å²) in [5.74, 6) is 0. The predicted octanol–water partition coefficient (Wildman–Crippen LogP) is 2.16. The molecule has 0 aliphatic rings. The molecule has 0 N–H and O–H groups in total. The van der Waals surface area contributed by atoms with Gasteiger partial charge in [-0.15, -0.1) is 0 Å². The molecule has 2 aromatic heterocycles. The summed E-state index contributed by atoms with van der Waals surface area (Å²) >= 11 is 0. The van der Waals surface area contributed by atoms with E-state index in [1.165, 1.54) is 0 Å². The van der Waals surface area contributed by atoms with Crippen LogP contribution < -0.4 is 0 Å². The van der Waals surface area contributed by atoms with E-state index in [4.69, 9.17) is 0 Å². The number of pyridine rings is 2. The van der Waals surface area contributed by atoms with Crippen molar-refractivity contribution in [2.24, 2.45) is 0 Å². The van der Waals surface area contributed by atoms with Crippen molar-refractivity contribution in [1.82, 2.24) is 9.97 Å². The first-order chi connectivity index (χ1) is 6.00. The Kier molecular flexibility index (Phi) is 8.10. The van der Waals surface area contributed by atoms with Crippen molar-refractivity contribution in [1.29, 1.82) is 0 Å². The maximum Gasteiger partial charge on any atom is 0.0267 e. The maximum atomic E-state index is 3.78. The molecule has 0 aliphatic heterocycles. The molecule has 0 unspecified atom stereocenters. The van der Waals surface area contributed by atoms with Gasteiger partial charge in [-0.1, -0.05) is 12.1 Å². The Balaban J connectivity index is 0.000000206. The van der Waals surface area contributed by atoms with Crippen molar-refractivity contribution in [3.63, 3.8) is 0 Å². The number of hydrogen-bond acceptors (Lipinski definition) is 2. The van der Waals surface area contributed by atoms with Crippen LogP contribution in [0.4, 0.5) is 0 Å². The van der Waals surface area contributed by atoms with E-state index in [1.807, 2.05) is 36.4 Å². The molecule has 0 saturated carbocycles. The second-order valence-electron chi connectivity index (χ2n) is 2.05. The number of hydrogen-bond donors (Lipinski definition) is 0. The van der Waals surface area contributed by atoms with E-state index in [1.54, 1.807) is 24.8 Å². The summed E-state index contributed by atoms with van der Waals surface area (Å²) in [7, 11) is 0. The van der Waals surface area contributed by atoms with E-state index in [0.717, 1.165) is 0 Å². The van der Waals surface area contributed by atoms with E-state index in [-0.39, 0.29) is 17.1 Å². The zero-order chi connectivity index (χ0) is 8.49. The normalized spacial score (nSPS) is 7.38. The van der Waals surface area contributed by atoms with Crippen LogP contribution in [0.3, 0.4) is 0 Å². The van der Waals surface area contributed by atoms with E-state index >= 15 is 0 Å². The Morgan fingerprint density at radius 2 is 0.769 bits per heavy atom. The van der Waals surface area contributed by atoms with Crippen LogP contribution in [-0.4, -0.2) is 9.97 Å². The van der Waals surface area contributed by atoms with Crippen molar-refractivity contribution in [3.8, 4) is 0 Å². The average Bonchev–Trinajstić information content (AvgIpc) is 2.24. The van der Waals surface area contributed by atoms with Crippen molar-refractivity contribution in [2.45, 2.75) is 0 Å². The molecule has 0 bridgehead atoms. The van der Waals surface area contributed by atoms with Gasteiger partial charge < -0.3 is 0 Å². The third kappa shape index (κ3) is 7.19. The minimum absolute atomic E-state index is 0. The SMILES string of the molecule is [Mn].c1ccncc1.c1ccncc1. The van der Waals surface area contributed by atoms with Crippen molar-refractivity contribution < 1.29 is 17.1 Å². The minimum atomic E-state index is 0. The number of rotatable bonds is 0. The molecule has 2 heterocycles. The van der Waals surface area contributed by atoms with Gasteiger partial charge in [-0.3, -0.25) is 9.97 Å². The monoisotopic (exact) mass is 213 g/mol. The minimum Gasteiger partial charge on any atom is -0.265 e. The van der Waals surface area contributed by atoms with Gasteiger partial charge in [0.15, 0.2) is 0 Å². The molecular formula is C10H10MnN2. The topological polar surface area (TPSA) is 25.8 Å². The van der Waals surface area contributed by atoms with Gasteiger partial charge in [0.2, 0.25) is 0 Å². The van der Waals surface area contributed by atoms with Gasteiger partial charge in [-0.05, 0) is 24.3 Å². The largest absolute Gasteiger partial charge is 0.265 e. The van der Waals surface area contributed by atoms with Gasteiger partial charge in [0.05, 0.1) is 0 Å². The number of aromatic nitrogens is 2. The van der Waals surface area contributed by atoms with Crippen LogP contribution in [-0.2, 0) is 17.1 Å². The summed E-state index contributed by atoms with van der Waals surface area (Å²) < 4.78 is 0. The summed E-state index contributed by atoms with van der Waals surface area (Å²) in [6.45, 7) is 0. The third-order valence-electron chi connectivity index (χ3n) is 1.13. The fourth-order valence-corrected chi connectivity index (χ4v) is 0.625. The molecule has 2 rings (SSSR count). The molecule has 0 amide bonds. The molecule has 3 heteroatoms. The van der Waals surface area contributed by atoms with Gasteiger partial charge in [-0.2, -0.15) is 0 Å². The summed E-state index contributed by atoms with van der Waals surface area (Å²) in [5, 5.41) is 0. The Morgan fingerprint density at radius 3 is 0.846 bits per heavy atom. The Bertz CT molecular complexity index is 188. The van der Waals surface area contributed by atoms with Crippen LogP contribution >= 0.6 is 0 Å². The van der Waals surface area contributed by atoms with Crippen LogP contribution in [0.15, 0.2) is 61.2 Å². The number of nitrogens with zero attached hydrogens (tertiary/aromatic N) is 2. The quantitative estimate of drug-likeness (QED) is 0.626. The van der Waals surface area contributed by atoms with E-state index in [9.17, 15) is 0 Å². The molecule has 2 aromatic rings. The molecule has 0 aromatic carbocycles. The molecule has 0 fully saturated rings. The molecule has 0 aliphatic carbocycles. The fourth-order valence-electron chi connectivity index (χ4n) is 0.625. The van der Waals surface area contributed by atoms with Crippen molar-refractivity contribution in [3.05, 3.63) is 61.2 Å². The van der Waals surface area contributed by atoms with Crippen LogP contribution in [0, 0.1) is 0 Å². The van der Waals surface area contributed by atoms with E-state index in [2.05, 4.69) is 9.97 Å². The Morgan fingerprint density at radius 1 is 0.462 bits per heavy atom. The third-order valence-corrected chi connectivity index (χ3v) is 1.13. The van der Waals surface area contributed by atoms with Gasteiger partial charge in [-0.25, -0.2) is 0 Å². The zero-order valence-corrected chi connectivity index (χ0v) is 8.23. The molecule has 0 saturated heterocycles. The molecule has 13 heavy (non-hydrogen) atoms. The van der Waals surface area contributed by atoms with Gasteiger partial charge in [0, 0.05) is 41.9 Å². The second kappa shape index (κ2) is 8.91. The van der Waals surface area contributed by atoms with Crippen LogP contribution in [0.25, 0.3) is 0 Å².